The SMILES string of the molecule is O=C(CN1c2ccccc2COC1c1ccc([N+](=O)[O-])cc1)Nc1ccccc1. The zero-order chi connectivity index (χ0) is 20.2. The van der Waals surface area contributed by atoms with Gasteiger partial charge in [0.2, 0.25) is 5.91 Å². The van der Waals surface area contributed by atoms with Crippen LogP contribution in [0.2, 0.25) is 0 Å². The molecule has 0 saturated carbocycles. The Labute approximate surface area is 167 Å². The van der Waals surface area contributed by atoms with Gasteiger partial charge in [-0.05, 0) is 30.3 Å². The van der Waals surface area contributed by atoms with E-state index in [1.165, 1.54) is 12.1 Å². The minimum absolute atomic E-state index is 0.0123. The number of nitro groups is 1. The standard InChI is InChI=1S/C22H19N3O4/c26-21(23-18-7-2-1-3-8-18)14-24-20-9-5-4-6-17(20)15-29-22(24)16-10-12-19(13-11-16)25(27)28/h1-13,22H,14-15H2,(H,23,26). The summed E-state index contributed by atoms with van der Waals surface area (Å²) < 4.78 is 6.03. The minimum Gasteiger partial charge on any atom is -0.349 e. The number of benzene rings is 3. The third-order valence-corrected chi connectivity index (χ3v) is 4.74. The molecule has 0 aromatic heterocycles. The van der Waals surface area contributed by atoms with Crippen LogP contribution in [0.5, 0.6) is 0 Å². The number of nitrogens with zero attached hydrogens (tertiary/aromatic N) is 2. The number of fused-ring (bicyclic) bond motifs is 1. The number of amides is 1. The summed E-state index contributed by atoms with van der Waals surface area (Å²) in [6.07, 6.45) is -0.521. The van der Waals surface area contributed by atoms with Gasteiger partial charge < -0.3 is 15.0 Å². The van der Waals surface area contributed by atoms with E-state index in [9.17, 15) is 14.9 Å². The number of hydrogen-bond donors (Lipinski definition) is 1. The van der Waals surface area contributed by atoms with Crippen molar-refractivity contribution in [1.82, 2.24) is 0 Å². The molecule has 1 aliphatic heterocycles. The van der Waals surface area contributed by atoms with Gasteiger partial charge in [0, 0.05) is 34.6 Å². The van der Waals surface area contributed by atoms with Crippen LogP contribution in [0, 0.1) is 10.1 Å². The highest BCUT2D eigenvalue weighted by molar-refractivity contribution is 5.94. The Morgan fingerprint density at radius 3 is 2.45 bits per heavy atom. The van der Waals surface area contributed by atoms with Gasteiger partial charge in [-0.15, -0.1) is 0 Å². The first kappa shape index (κ1) is 18.6. The maximum atomic E-state index is 12.7. The second-order valence-corrected chi connectivity index (χ2v) is 6.68. The summed E-state index contributed by atoms with van der Waals surface area (Å²) >= 11 is 0. The van der Waals surface area contributed by atoms with E-state index in [0.717, 1.165) is 22.5 Å². The van der Waals surface area contributed by atoms with Crippen molar-refractivity contribution in [2.45, 2.75) is 12.8 Å². The van der Waals surface area contributed by atoms with Crippen LogP contribution in [0.4, 0.5) is 17.1 Å². The van der Waals surface area contributed by atoms with Crippen molar-refractivity contribution in [3.63, 3.8) is 0 Å². The number of nitrogens with one attached hydrogen (secondary N) is 1. The minimum atomic E-state index is -0.521. The van der Waals surface area contributed by atoms with Crippen molar-refractivity contribution in [3.05, 3.63) is 100 Å². The molecule has 1 aliphatic rings. The Hall–Kier alpha value is -3.71. The number of ether oxygens (including phenoxy) is 1. The van der Waals surface area contributed by atoms with Crippen LogP contribution in [0.1, 0.15) is 17.4 Å². The molecule has 146 valence electrons. The Bertz CT molecular complexity index is 1020. The number of carbonyl (C=O) groups is 1. The molecule has 1 N–H and O–H groups in total. The summed E-state index contributed by atoms with van der Waals surface area (Å²) in [6, 6.07) is 23.2. The van der Waals surface area contributed by atoms with Crippen molar-refractivity contribution in [2.75, 3.05) is 16.8 Å². The molecule has 1 heterocycles. The summed E-state index contributed by atoms with van der Waals surface area (Å²) in [5, 5.41) is 13.8. The highest BCUT2D eigenvalue weighted by Gasteiger charge is 2.30. The molecule has 0 radical (unpaired) electrons. The molecule has 3 aromatic rings. The van der Waals surface area contributed by atoms with Crippen molar-refractivity contribution >= 4 is 23.0 Å². The summed E-state index contributed by atoms with van der Waals surface area (Å²) in [6.45, 7) is 0.474. The van der Waals surface area contributed by atoms with Crippen LogP contribution < -0.4 is 10.2 Å². The van der Waals surface area contributed by atoms with E-state index in [2.05, 4.69) is 5.32 Å². The zero-order valence-electron chi connectivity index (χ0n) is 15.5. The topological polar surface area (TPSA) is 84.7 Å². The quantitative estimate of drug-likeness (QED) is 0.520. The molecule has 7 heteroatoms. The third kappa shape index (κ3) is 4.09. The predicted molar refractivity (Wildman–Crippen MR) is 109 cm³/mol. The molecule has 1 atom stereocenters. The van der Waals surface area contributed by atoms with E-state index in [0.29, 0.717) is 6.61 Å². The van der Waals surface area contributed by atoms with E-state index in [-0.39, 0.29) is 18.1 Å². The summed E-state index contributed by atoms with van der Waals surface area (Å²) in [4.78, 5) is 25.1. The van der Waals surface area contributed by atoms with Gasteiger partial charge in [-0.2, -0.15) is 0 Å². The number of non-ortho nitro benzene ring substituents is 1. The number of rotatable bonds is 5. The zero-order valence-corrected chi connectivity index (χ0v) is 15.5. The molecule has 7 nitrogen and oxygen atoms in total. The second-order valence-electron chi connectivity index (χ2n) is 6.68. The van der Waals surface area contributed by atoms with Crippen molar-refractivity contribution in [2.24, 2.45) is 0 Å². The molecule has 0 bridgehead atoms. The van der Waals surface area contributed by atoms with Crippen LogP contribution in [-0.4, -0.2) is 17.4 Å². The average Bonchev–Trinajstić information content (AvgIpc) is 2.75. The molecule has 0 spiro atoms. The molecule has 1 unspecified atom stereocenters. The highest BCUT2D eigenvalue weighted by Crippen LogP contribution is 2.36. The van der Waals surface area contributed by atoms with Crippen LogP contribution in [0.25, 0.3) is 0 Å². The molecule has 0 saturated heterocycles. The maximum absolute atomic E-state index is 12.7. The van der Waals surface area contributed by atoms with Crippen molar-refractivity contribution in [3.8, 4) is 0 Å². The molecule has 29 heavy (non-hydrogen) atoms. The van der Waals surface area contributed by atoms with Gasteiger partial charge in [0.1, 0.15) is 6.54 Å². The first-order valence-electron chi connectivity index (χ1n) is 9.17. The molecule has 0 fully saturated rings. The number of para-hydroxylation sites is 2. The van der Waals surface area contributed by atoms with Crippen LogP contribution in [0.15, 0.2) is 78.9 Å². The summed E-state index contributed by atoms with van der Waals surface area (Å²) in [5.74, 6) is -0.177. The summed E-state index contributed by atoms with van der Waals surface area (Å²) in [7, 11) is 0. The fourth-order valence-corrected chi connectivity index (χ4v) is 3.38. The lowest BCUT2D eigenvalue weighted by atomic mass is 10.1. The average molecular weight is 389 g/mol. The van der Waals surface area contributed by atoms with Gasteiger partial charge in [0.25, 0.3) is 5.69 Å². The van der Waals surface area contributed by atoms with E-state index >= 15 is 0 Å². The van der Waals surface area contributed by atoms with Gasteiger partial charge in [-0.1, -0.05) is 36.4 Å². The summed E-state index contributed by atoms with van der Waals surface area (Å²) in [5.41, 5.74) is 3.37. The molecule has 3 aromatic carbocycles. The largest absolute Gasteiger partial charge is 0.349 e. The van der Waals surface area contributed by atoms with E-state index in [4.69, 9.17) is 4.74 Å². The predicted octanol–water partition coefficient (Wildman–Crippen LogP) is 4.27. The number of anilines is 2. The number of carbonyl (C=O) groups excluding carboxylic acids is 1. The second kappa shape index (κ2) is 8.12. The fourth-order valence-electron chi connectivity index (χ4n) is 3.38. The molecule has 4 rings (SSSR count). The molecule has 1 amide bonds. The first-order valence-corrected chi connectivity index (χ1v) is 9.17. The third-order valence-electron chi connectivity index (χ3n) is 4.74. The molecular formula is C22H19N3O4. The van der Waals surface area contributed by atoms with Gasteiger partial charge in [0.05, 0.1) is 11.5 Å². The lowest BCUT2D eigenvalue weighted by molar-refractivity contribution is -0.384. The fraction of sp³-hybridized carbons (Fsp3) is 0.136. The van der Waals surface area contributed by atoms with E-state index < -0.39 is 11.2 Å². The van der Waals surface area contributed by atoms with Crippen molar-refractivity contribution < 1.29 is 14.5 Å². The van der Waals surface area contributed by atoms with Gasteiger partial charge >= 0.3 is 0 Å². The van der Waals surface area contributed by atoms with E-state index in [1.54, 1.807) is 12.1 Å². The number of hydrogen-bond acceptors (Lipinski definition) is 5. The molecular weight excluding hydrogens is 370 g/mol. The Kier molecular flexibility index (Phi) is 5.22. The lowest BCUT2D eigenvalue weighted by Crippen LogP contribution is -2.40. The van der Waals surface area contributed by atoms with Gasteiger partial charge in [0.15, 0.2) is 6.23 Å². The normalized spacial score (nSPS) is 15.4. The van der Waals surface area contributed by atoms with Gasteiger partial charge in [-0.3, -0.25) is 14.9 Å². The Balaban J connectivity index is 1.62. The highest BCUT2D eigenvalue weighted by atomic mass is 16.6. The smallest absolute Gasteiger partial charge is 0.269 e. The van der Waals surface area contributed by atoms with Crippen LogP contribution in [0.3, 0.4) is 0 Å². The van der Waals surface area contributed by atoms with Gasteiger partial charge in [-0.25, -0.2) is 0 Å². The van der Waals surface area contributed by atoms with E-state index in [1.807, 2.05) is 59.5 Å². The molecule has 0 aliphatic carbocycles. The van der Waals surface area contributed by atoms with Crippen LogP contribution in [-0.2, 0) is 16.1 Å². The number of nitro benzene ring substituents is 1. The Morgan fingerprint density at radius 1 is 1.03 bits per heavy atom. The maximum Gasteiger partial charge on any atom is 0.269 e. The Morgan fingerprint density at radius 2 is 1.72 bits per heavy atom. The lowest BCUT2D eigenvalue weighted by Gasteiger charge is -2.38. The first-order chi connectivity index (χ1) is 14.1. The van der Waals surface area contributed by atoms with Crippen LogP contribution >= 0.6 is 0 Å². The monoisotopic (exact) mass is 389 g/mol. The van der Waals surface area contributed by atoms with Crippen molar-refractivity contribution in [1.29, 1.82) is 0 Å².